The van der Waals surface area contributed by atoms with Crippen LogP contribution in [0.2, 0.25) is 5.02 Å². The molecule has 0 aliphatic heterocycles. The van der Waals surface area contributed by atoms with Gasteiger partial charge < -0.3 is 11.5 Å². The molecular formula is C14H18Cl2N2. The predicted molar refractivity (Wildman–Crippen MR) is 77.6 cm³/mol. The maximum absolute atomic E-state index is 6.40. The molecule has 1 aromatic rings. The Bertz CT molecular complexity index is 492. The predicted octanol–water partition coefficient (Wildman–Crippen LogP) is 3.59. The SMILES string of the molecule is CC1(C)CC(N)(N)C=C(Cl)C1c1ccccc1Cl. The maximum atomic E-state index is 6.40. The maximum Gasteiger partial charge on any atom is 0.0848 e. The van der Waals surface area contributed by atoms with Gasteiger partial charge in [0, 0.05) is 16.0 Å². The highest BCUT2D eigenvalue weighted by atomic mass is 35.5. The van der Waals surface area contributed by atoms with E-state index in [0.29, 0.717) is 11.5 Å². The van der Waals surface area contributed by atoms with E-state index in [1.54, 1.807) is 6.08 Å². The molecule has 1 aliphatic rings. The third-order valence-corrected chi connectivity index (χ3v) is 4.11. The number of hydrogen-bond donors (Lipinski definition) is 2. The first-order valence-electron chi connectivity index (χ1n) is 5.93. The van der Waals surface area contributed by atoms with E-state index in [4.69, 9.17) is 34.7 Å². The summed E-state index contributed by atoms with van der Waals surface area (Å²) in [5, 5.41) is 1.40. The average Bonchev–Trinajstić information content (AvgIpc) is 2.16. The summed E-state index contributed by atoms with van der Waals surface area (Å²) in [5.41, 5.74) is 12.1. The van der Waals surface area contributed by atoms with Gasteiger partial charge in [0.1, 0.15) is 0 Å². The fraction of sp³-hybridized carbons (Fsp3) is 0.429. The van der Waals surface area contributed by atoms with E-state index in [9.17, 15) is 0 Å². The van der Waals surface area contributed by atoms with Crippen LogP contribution < -0.4 is 11.5 Å². The molecule has 4 heteroatoms. The van der Waals surface area contributed by atoms with Gasteiger partial charge >= 0.3 is 0 Å². The van der Waals surface area contributed by atoms with E-state index in [0.717, 1.165) is 10.6 Å². The Kier molecular flexibility index (Phi) is 3.50. The third-order valence-electron chi connectivity index (χ3n) is 3.44. The molecule has 1 unspecified atom stereocenters. The lowest BCUT2D eigenvalue weighted by molar-refractivity contribution is 0.222. The summed E-state index contributed by atoms with van der Waals surface area (Å²) in [7, 11) is 0. The minimum Gasteiger partial charge on any atom is -0.310 e. The molecule has 0 aromatic heterocycles. The highest BCUT2D eigenvalue weighted by Crippen LogP contribution is 2.51. The Morgan fingerprint density at radius 1 is 1.17 bits per heavy atom. The van der Waals surface area contributed by atoms with Crippen LogP contribution >= 0.6 is 23.2 Å². The summed E-state index contributed by atoms with van der Waals surface area (Å²) >= 11 is 12.7. The molecule has 0 heterocycles. The van der Waals surface area contributed by atoms with Crippen molar-refractivity contribution in [2.75, 3.05) is 0 Å². The molecule has 18 heavy (non-hydrogen) atoms. The van der Waals surface area contributed by atoms with E-state index in [1.165, 1.54) is 0 Å². The minimum absolute atomic E-state index is 0.0353. The second kappa shape index (κ2) is 4.53. The second-order valence-electron chi connectivity index (χ2n) is 5.76. The van der Waals surface area contributed by atoms with Crippen LogP contribution in [0.3, 0.4) is 0 Å². The molecule has 0 saturated heterocycles. The van der Waals surface area contributed by atoms with Crippen LogP contribution in [0.4, 0.5) is 0 Å². The molecule has 2 rings (SSSR count). The van der Waals surface area contributed by atoms with Crippen molar-refractivity contribution < 1.29 is 0 Å². The van der Waals surface area contributed by atoms with Gasteiger partial charge in [-0.3, -0.25) is 0 Å². The molecule has 0 fully saturated rings. The van der Waals surface area contributed by atoms with Gasteiger partial charge in [0.2, 0.25) is 0 Å². The van der Waals surface area contributed by atoms with Crippen molar-refractivity contribution in [3.05, 3.63) is 46.0 Å². The molecule has 1 aliphatic carbocycles. The minimum atomic E-state index is -0.849. The third kappa shape index (κ3) is 2.57. The van der Waals surface area contributed by atoms with Crippen molar-refractivity contribution in [1.29, 1.82) is 0 Å². The molecule has 0 bridgehead atoms. The molecule has 0 saturated carbocycles. The molecule has 0 radical (unpaired) electrons. The van der Waals surface area contributed by atoms with E-state index in [1.807, 2.05) is 24.3 Å². The zero-order valence-electron chi connectivity index (χ0n) is 10.6. The van der Waals surface area contributed by atoms with Crippen molar-refractivity contribution in [2.24, 2.45) is 16.9 Å². The zero-order chi connectivity index (χ0) is 13.6. The Labute approximate surface area is 118 Å². The first-order valence-corrected chi connectivity index (χ1v) is 6.69. The van der Waals surface area contributed by atoms with Gasteiger partial charge in [0.25, 0.3) is 0 Å². The molecule has 98 valence electrons. The quantitative estimate of drug-likeness (QED) is 0.775. The van der Waals surface area contributed by atoms with Gasteiger partial charge in [-0.15, -0.1) is 0 Å². The number of hydrogen-bond acceptors (Lipinski definition) is 2. The topological polar surface area (TPSA) is 52.0 Å². The lowest BCUT2D eigenvalue weighted by atomic mass is 9.66. The number of halogens is 2. The first-order chi connectivity index (χ1) is 8.23. The standard InChI is InChI=1S/C14H18Cl2N2/c1-13(2)8-14(17,18)7-11(16)12(13)9-5-3-4-6-10(9)15/h3-7,12H,8,17-18H2,1-2H3. The molecule has 2 nitrogen and oxygen atoms in total. The van der Waals surface area contributed by atoms with E-state index in [-0.39, 0.29) is 11.3 Å². The van der Waals surface area contributed by atoms with Crippen LogP contribution in [0.1, 0.15) is 31.7 Å². The monoisotopic (exact) mass is 284 g/mol. The molecule has 1 aromatic carbocycles. The fourth-order valence-corrected chi connectivity index (χ4v) is 3.80. The smallest absolute Gasteiger partial charge is 0.0848 e. The highest BCUT2D eigenvalue weighted by molar-refractivity contribution is 6.33. The molecule has 0 spiro atoms. The Morgan fingerprint density at radius 3 is 2.33 bits per heavy atom. The summed E-state index contributed by atoms with van der Waals surface area (Å²) in [6.45, 7) is 4.23. The van der Waals surface area contributed by atoms with Crippen molar-refractivity contribution in [1.82, 2.24) is 0 Å². The largest absolute Gasteiger partial charge is 0.310 e. The fourth-order valence-electron chi connectivity index (χ4n) is 2.93. The number of allylic oxidation sites excluding steroid dienone is 1. The Balaban J connectivity index is 2.53. The van der Waals surface area contributed by atoms with Crippen LogP contribution in [-0.4, -0.2) is 5.66 Å². The van der Waals surface area contributed by atoms with Crippen LogP contribution in [0, 0.1) is 5.41 Å². The number of benzene rings is 1. The van der Waals surface area contributed by atoms with Crippen molar-refractivity contribution in [2.45, 2.75) is 31.8 Å². The van der Waals surface area contributed by atoms with Crippen molar-refractivity contribution in [3.63, 3.8) is 0 Å². The Hall–Kier alpha value is -0.540. The van der Waals surface area contributed by atoms with Crippen LogP contribution in [0.25, 0.3) is 0 Å². The summed E-state index contributed by atoms with van der Waals surface area (Å²) in [5.74, 6) is 0.0353. The van der Waals surface area contributed by atoms with Gasteiger partial charge in [-0.05, 0) is 29.5 Å². The lowest BCUT2D eigenvalue weighted by Gasteiger charge is -2.44. The molecule has 4 N–H and O–H groups in total. The van der Waals surface area contributed by atoms with Gasteiger partial charge in [0.05, 0.1) is 5.66 Å². The van der Waals surface area contributed by atoms with Crippen LogP contribution in [-0.2, 0) is 0 Å². The summed E-state index contributed by atoms with van der Waals surface area (Å²) in [6, 6.07) is 7.76. The average molecular weight is 285 g/mol. The summed E-state index contributed by atoms with van der Waals surface area (Å²) in [4.78, 5) is 0. The molecule has 1 atom stereocenters. The van der Waals surface area contributed by atoms with Crippen molar-refractivity contribution >= 4 is 23.2 Å². The normalized spacial score (nSPS) is 25.7. The van der Waals surface area contributed by atoms with Gasteiger partial charge in [-0.25, -0.2) is 0 Å². The number of nitrogens with two attached hydrogens (primary N) is 2. The summed E-state index contributed by atoms with van der Waals surface area (Å²) < 4.78 is 0. The van der Waals surface area contributed by atoms with E-state index < -0.39 is 5.66 Å². The van der Waals surface area contributed by atoms with Crippen LogP contribution in [0.5, 0.6) is 0 Å². The molecule has 0 amide bonds. The Morgan fingerprint density at radius 2 is 1.78 bits per heavy atom. The van der Waals surface area contributed by atoms with E-state index >= 15 is 0 Å². The van der Waals surface area contributed by atoms with Crippen LogP contribution in [0.15, 0.2) is 35.4 Å². The van der Waals surface area contributed by atoms with Gasteiger partial charge in [-0.2, -0.15) is 0 Å². The van der Waals surface area contributed by atoms with Crippen molar-refractivity contribution in [3.8, 4) is 0 Å². The second-order valence-corrected chi connectivity index (χ2v) is 6.61. The first kappa shape index (κ1) is 13.9. The lowest BCUT2D eigenvalue weighted by Crippen LogP contribution is -2.54. The number of rotatable bonds is 1. The molecular weight excluding hydrogens is 267 g/mol. The van der Waals surface area contributed by atoms with Gasteiger partial charge in [-0.1, -0.05) is 55.2 Å². The zero-order valence-corrected chi connectivity index (χ0v) is 12.1. The van der Waals surface area contributed by atoms with Gasteiger partial charge in [0.15, 0.2) is 0 Å². The highest BCUT2D eigenvalue weighted by Gasteiger charge is 2.42. The summed E-state index contributed by atoms with van der Waals surface area (Å²) in [6.07, 6.45) is 2.40. The van der Waals surface area contributed by atoms with E-state index in [2.05, 4.69) is 13.8 Å².